The minimum absolute atomic E-state index is 0.457. The zero-order valence-corrected chi connectivity index (χ0v) is 25.4. The van der Waals surface area contributed by atoms with E-state index in [0.29, 0.717) is 16.9 Å². The molecule has 1 nitrogen and oxygen atoms in total. The molecule has 0 amide bonds. The van der Waals surface area contributed by atoms with Crippen molar-refractivity contribution in [3.05, 3.63) is 11.6 Å². The molecule has 196 valence electrons. The molecule has 0 saturated heterocycles. The van der Waals surface area contributed by atoms with Gasteiger partial charge in [0.1, 0.15) is 0 Å². The number of fused-ring (bicyclic) bond motifs is 5. The maximum atomic E-state index is 6.59. The lowest BCUT2D eigenvalue weighted by atomic mass is 9.47. The number of rotatable bonds is 8. The second-order valence-electron chi connectivity index (χ2n) is 15.0. The fourth-order valence-corrected chi connectivity index (χ4v) is 11.1. The van der Waals surface area contributed by atoms with Crippen LogP contribution in [0.25, 0.3) is 0 Å². The van der Waals surface area contributed by atoms with Crippen molar-refractivity contribution in [3.8, 4) is 0 Å². The summed E-state index contributed by atoms with van der Waals surface area (Å²) in [5.74, 6) is 6.47. The van der Waals surface area contributed by atoms with Gasteiger partial charge in [-0.1, -0.05) is 66.0 Å². The van der Waals surface area contributed by atoms with Crippen LogP contribution in [0.15, 0.2) is 11.6 Å². The lowest BCUT2D eigenvalue weighted by molar-refractivity contribution is -0.0565. The Bertz CT molecular complexity index is 734. The average molecular weight is 487 g/mol. The van der Waals surface area contributed by atoms with Crippen LogP contribution in [-0.4, -0.2) is 14.4 Å². The first-order valence-corrected chi connectivity index (χ1v) is 18.7. The topological polar surface area (TPSA) is 9.23 Å². The molecule has 0 radical (unpaired) electrons. The second-order valence-corrected chi connectivity index (χ2v) is 19.5. The highest BCUT2D eigenvalue weighted by Gasteiger charge is 2.59. The van der Waals surface area contributed by atoms with Gasteiger partial charge in [0.2, 0.25) is 0 Å². The van der Waals surface area contributed by atoms with Crippen LogP contribution in [0.4, 0.5) is 0 Å². The maximum absolute atomic E-state index is 6.59. The van der Waals surface area contributed by atoms with Crippen LogP contribution >= 0.6 is 0 Å². The minimum Gasteiger partial charge on any atom is -0.414 e. The van der Waals surface area contributed by atoms with Crippen molar-refractivity contribution in [2.75, 3.05) is 0 Å². The molecule has 4 aliphatic rings. The molecular formula is C32H58OSi. The molecule has 2 heteroatoms. The molecule has 0 bridgehead atoms. The normalized spacial score (nSPS) is 41.9. The molecule has 4 rings (SSSR count). The van der Waals surface area contributed by atoms with Gasteiger partial charge in [0.25, 0.3) is 0 Å². The van der Waals surface area contributed by atoms with Crippen LogP contribution in [0.3, 0.4) is 0 Å². The van der Waals surface area contributed by atoms with Crippen molar-refractivity contribution in [1.82, 2.24) is 0 Å². The molecule has 0 heterocycles. The molecule has 0 aromatic carbocycles. The van der Waals surface area contributed by atoms with E-state index in [1.165, 1.54) is 70.6 Å². The van der Waals surface area contributed by atoms with Crippen molar-refractivity contribution in [1.29, 1.82) is 0 Å². The Balaban J connectivity index is 1.45. The number of hydrogen-bond acceptors (Lipinski definition) is 1. The van der Waals surface area contributed by atoms with Gasteiger partial charge in [-0.3, -0.25) is 0 Å². The summed E-state index contributed by atoms with van der Waals surface area (Å²) < 4.78 is 6.59. The van der Waals surface area contributed by atoms with E-state index in [1.54, 1.807) is 5.57 Å². The molecule has 1 unspecified atom stereocenters. The smallest absolute Gasteiger partial charge is 0.184 e. The largest absolute Gasteiger partial charge is 0.414 e. The summed E-state index contributed by atoms with van der Waals surface area (Å²) in [5, 5.41) is 0. The third kappa shape index (κ3) is 5.03. The van der Waals surface area contributed by atoms with Gasteiger partial charge >= 0.3 is 0 Å². The predicted molar refractivity (Wildman–Crippen MR) is 150 cm³/mol. The predicted octanol–water partition coefficient (Wildman–Crippen LogP) is 9.88. The summed E-state index contributed by atoms with van der Waals surface area (Å²) in [4.78, 5) is 0. The van der Waals surface area contributed by atoms with Gasteiger partial charge in [0, 0.05) is 6.10 Å². The molecule has 3 fully saturated rings. The lowest BCUT2D eigenvalue weighted by Crippen LogP contribution is -2.51. The maximum Gasteiger partial charge on any atom is 0.184 e. The van der Waals surface area contributed by atoms with Crippen LogP contribution in [0.5, 0.6) is 0 Å². The molecule has 0 aromatic heterocycles. The summed E-state index contributed by atoms with van der Waals surface area (Å²) in [6.45, 7) is 22.4. The van der Waals surface area contributed by atoms with Gasteiger partial charge in [-0.25, -0.2) is 0 Å². The van der Waals surface area contributed by atoms with Gasteiger partial charge in [-0.2, -0.15) is 0 Å². The van der Waals surface area contributed by atoms with E-state index in [0.717, 1.165) is 41.4 Å². The van der Waals surface area contributed by atoms with E-state index in [2.05, 4.69) is 67.3 Å². The van der Waals surface area contributed by atoms with E-state index in [9.17, 15) is 0 Å². The van der Waals surface area contributed by atoms with Crippen LogP contribution in [-0.2, 0) is 4.43 Å². The van der Waals surface area contributed by atoms with Crippen LogP contribution in [0, 0.1) is 52.3 Å². The third-order valence-corrected chi connectivity index (χ3v) is 12.8. The summed E-state index contributed by atoms with van der Waals surface area (Å²) >= 11 is 0. The van der Waals surface area contributed by atoms with Crippen molar-refractivity contribution in [2.45, 2.75) is 138 Å². The first kappa shape index (κ1) is 27.0. The quantitative estimate of drug-likeness (QED) is 0.245. The first-order chi connectivity index (χ1) is 15.9. The zero-order valence-electron chi connectivity index (χ0n) is 24.4. The van der Waals surface area contributed by atoms with Crippen molar-refractivity contribution < 1.29 is 4.43 Å². The van der Waals surface area contributed by atoms with Gasteiger partial charge in [0.05, 0.1) is 0 Å². The van der Waals surface area contributed by atoms with Crippen LogP contribution in [0.2, 0.25) is 19.6 Å². The van der Waals surface area contributed by atoms with Gasteiger partial charge in [-0.15, -0.1) is 0 Å². The molecule has 0 aromatic rings. The number of allylic oxidation sites excluding steroid dienone is 1. The van der Waals surface area contributed by atoms with Crippen molar-refractivity contribution in [3.63, 3.8) is 0 Å². The van der Waals surface area contributed by atoms with Gasteiger partial charge in [-0.05, 0) is 130 Å². The van der Waals surface area contributed by atoms with Crippen molar-refractivity contribution >= 4 is 8.32 Å². The highest BCUT2D eigenvalue weighted by atomic mass is 28.4. The Labute approximate surface area is 214 Å². The van der Waals surface area contributed by atoms with Crippen molar-refractivity contribution in [2.24, 2.45) is 52.3 Å². The van der Waals surface area contributed by atoms with Crippen LogP contribution < -0.4 is 0 Å². The summed E-state index contributed by atoms with van der Waals surface area (Å²) in [6, 6.07) is 0. The molecular weight excluding hydrogens is 428 g/mol. The number of hydrogen-bond donors (Lipinski definition) is 0. The van der Waals surface area contributed by atoms with E-state index >= 15 is 0 Å². The van der Waals surface area contributed by atoms with Gasteiger partial charge in [0.15, 0.2) is 8.32 Å². The van der Waals surface area contributed by atoms with E-state index in [4.69, 9.17) is 4.43 Å². The standard InChI is InChI=1S/C32H58OSi/c1-10-24(22(2)3)12-11-23(4)28-15-16-29-27-14-13-25-21-26(33-34(7,8)9)17-19-31(25,5)30(27)18-20-32(28,29)6/h13,22-24,26-30H,10-12,14-21H2,1-9H3/t23-,24-,26?,27+,28-,29+,30+,31+,32-/m1/s1. The van der Waals surface area contributed by atoms with E-state index in [1.807, 2.05) is 0 Å². The molecule has 0 N–H and O–H groups in total. The Morgan fingerprint density at radius 1 is 0.971 bits per heavy atom. The summed E-state index contributed by atoms with van der Waals surface area (Å²) in [5.41, 5.74) is 2.84. The first-order valence-electron chi connectivity index (χ1n) is 15.3. The average Bonchev–Trinajstić information content (AvgIpc) is 3.10. The molecule has 3 saturated carbocycles. The van der Waals surface area contributed by atoms with Gasteiger partial charge < -0.3 is 4.43 Å². The molecule has 0 aliphatic heterocycles. The molecule has 9 atom stereocenters. The highest BCUT2D eigenvalue weighted by molar-refractivity contribution is 6.69. The fraction of sp³-hybridized carbons (Fsp3) is 0.938. The zero-order chi connectivity index (χ0) is 24.9. The summed E-state index contributed by atoms with van der Waals surface area (Å²) in [7, 11) is -1.46. The van der Waals surface area contributed by atoms with Crippen LogP contribution in [0.1, 0.15) is 112 Å². The summed E-state index contributed by atoms with van der Waals surface area (Å²) in [6.07, 6.45) is 18.7. The minimum atomic E-state index is -1.46. The highest BCUT2D eigenvalue weighted by Crippen LogP contribution is 2.67. The Hall–Kier alpha value is -0.0831. The monoisotopic (exact) mass is 486 g/mol. The van der Waals surface area contributed by atoms with E-state index < -0.39 is 8.32 Å². The Morgan fingerprint density at radius 2 is 1.71 bits per heavy atom. The molecule has 0 spiro atoms. The fourth-order valence-electron chi connectivity index (χ4n) is 9.89. The second kappa shape index (κ2) is 10.00. The Morgan fingerprint density at radius 3 is 2.35 bits per heavy atom. The molecule has 4 aliphatic carbocycles. The SMILES string of the molecule is CC[C@H](CC[C@@H](C)[C@H]1CC[C@H]2[C@@H]3CC=C4CC(O[Si](C)(C)C)CC[C@]4(C)[C@H]3CC[C@]12C)C(C)C. The third-order valence-electron chi connectivity index (χ3n) is 11.8. The molecule has 34 heavy (non-hydrogen) atoms. The lowest BCUT2D eigenvalue weighted by Gasteiger charge is -2.58. The Kier molecular flexibility index (Phi) is 7.93. The van der Waals surface area contributed by atoms with E-state index in [-0.39, 0.29) is 0 Å².